The number of hydrogen-bond donors (Lipinski definition) is 2. The van der Waals surface area contributed by atoms with Crippen molar-refractivity contribution in [2.45, 2.75) is 71.7 Å². The standard InChI is InChI=1S/C35H39NO9/c1-19-12-13-33(3)26(34(19,4)18-42-20(2)37)16-27(44-31(40)21-8-10-23(38)11-9-21)35(5)30(33)29(39)28-25(45-35)15-24(43-32(28)41)22-7-6-14-36-17-22/h6-11,14-15,17,19,26-27,29-30,38-39H,12-13,16,18H2,1-5H3/t19-,26?,27-,29?,30?,33-,34?,35+/m0/s1. The maximum absolute atomic E-state index is 13.6. The predicted molar refractivity (Wildman–Crippen MR) is 162 cm³/mol. The molecule has 8 atom stereocenters. The molecule has 0 saturated heterocycles. The molecule has 2 N–H and O–H groups in total. The van der Waals surface area contributed by atoms with Crippen molar-refractivity contribution in [3.05, 3.63) is 76.4 Å². The Hall–Kier alpha value is -4.18. The van der Waals surface area contributed by atoms with E-state index in [4.69, 9.17) is 18.6 Å². The number of carbonyl (C=O) groups is 2. The maximum Gasteiger partial charge on any atom is 0.345 e. The van der Waals surface area contributed by atoms with E-state index < -0.39 is 46.2 Å². The Morgan fingerprint density at radius 1 is 1.13 bits per heavy atom. The third kappa shape index (κ3) is 4.99. The molecule has 0 spiro atoms. The monoisotopic (exact) mass is 617 g/mol. The summed E-state index contributed by atoms with van der Waals surface area (Å²) in [6.45, 7) is 9.69. The minimum atomic E-state index is -1.30. The molecule has 2 aromatic heterocycles. The normalized spacial score (nSPS) is 33.5. The number of phenolic OH excluding ortho intramolecular Hbond substituents is 1. The number of aromatic hydroxyl groups is 1. The van der Waals surface area contributed by atoms with Crippen LogP contribution >= 0.6 is 0 Å². The molecule has 238 valence electrons. The van der Waals surface area contributed by atoms with Crippen molar-refractivity contribution in [3.63, 3.8) is 0 Å². The summed E-state index contributed by atoms with van der Waals surface area (Å²) in [7, 11) is 0. The number of hydrogen-bond acceptors (Lipinski definition) is 10. The fraction of sp³-hybridized carbons (Fsp3) is 0.486. The number of benzene rings is 1. The molecule has 0 bridgehead atoms. The SMILES string of the molecule is CC(=O)OCC1(C)C2C[C@H](OC(=O)c3ccc(O)cc3)[C@@]3(C)Oc4cc(-c5cccnc5)oc(=O)c4C(O)C3[C@@]2(C)CC[C@@H]1C. The van der Waals surface area contributed by atoms with Gasteiger partial charge in [0.1, 0.15) is 34.5 Å². The Labute approximate surface area is 261 Å². The van der Waals surface area contributed by atoms with E-state index in [-0.39, 0.29) is 52.8 Å². The molecule has 2 fully saturated rings. The van der Waals surface area contributed by atoms with Crippen LogP contribution in [0.3, 0.4) is 0 Å². The third-order valence-corrected chi connectivity index (χ3v) is 11.0. The number of nitrogens with zero attached hydrogens (tertiary/aromatic N) is 1. The Balaban J connectivity index is 1.49. The first-order valence-corrected chi connectivity index (χ1v) is 15.4. The molecule has 1 aromatic carbocycles. The Morgan fingerprint density at radius 3 is 2.53 bits per heavy atom. The molecule has 1 aliphatic heterocycles. The van der Waals surface area contributed by atoms with Gasteiger partial charge >= 0.3 is 17.6 Å². The minimum Gasteiger partial charge on any atom is -0.508 e. The summed E-state index contributed by atoms with van der Waals surface area (Å²) in [5.74, 6) is -1.31. The van der Waals surface area contributed by atoms with Gasteiger partial charge in [-0.1, -0.05) is 20.8 Å². The van der Waals surface area contributed by atoms with Gasteiger partial charge in [-0.2, -0.15) is 0 Å². The van der Waals surface area contributed by atoms with E-state index >= 15 is 0 Å². The summed E-state index contributed by atoms with van der Waals surface area (Å²) < 4.78 is 24.4. The van der Waals surface area contributed by atoms with Crippen LogP contribution in [-0.4, -0.2) is 45.4 Å². The summed E-state index contributed by atoms with van der Waals surface area (Å²) in [6.07, 6.45) is 2.89. The minimum absolute atomic E-state index is 0.0167. The molecule has 3 aliphatic rings. The van der Waals surface area contributed by atoms with E-state index in [2.05, 4.69) is 25.8 Å². The summed E-state index contributed by atoms with van der Waals surface area (Å²) in [6, 6.07) is 10.8. The number of ether oxygens (including phenoxy) is 3. The zero-order valence-electron chi connectivity index (χ0n) is 26.1. The van der Waals surface area contributed by atoms with Crippen molar-refractivity contribution in [1.29, 1.82) is 0 Å². The van der Waals surface area contributed by atoms with Crippen LogP contribution in [0, 0.1) is 28.6 Å². The lowest BCUT2D eigenvalue weighted by atomic mass is 9.41. The molecular formula is C35H39NO9. The molecule has 3 heterocycles. The van der Waals surface area contributed by atoms with Gasteiger partial charge in [0.15, 0.2) is 0 Å². The van der Waals surface area contributed by atoms with Crippen LogP contribution < -0.4 is 10.4 Å². The maximum atomic E-state index is 13.6. The van der Waals surface area contributed by atoms with E-state index in [1.165, 1.54) is 31.2 Å². The van der Waals surface area contributed by atoms with Gasteiger partial charge < -0.3 is 28.8 Å². The molecule has 2 aliphatic carbocycles. The predicted octanol–water partition coefficient (Wildman–Crippen LogP) is 5.46. The summed E-state index contributed by atoms with van der Waals surface area (Å²) in [5.41, 5.74) is -2.27. The fourth-order valence-electron chi connectivity index (χ4n) is 8.49. The van der Waals surface area contributed by atoms with Crippen LogP contribution in [0.15, 0.2) is 64.1 Å². The molecule has 2 saturated carbocycles. The lowest BCUT2D eigenvalue weighted by molar-refractivity contribution is -0.257. The highest BCUT2D eigenvalue weighted by Crippen LogP contribution is 2.68. The number of aliphatic hydroxyl groups is 1. The van der Waals surface area contributed by atoms with E-state index in [0.29, 0.717) is 18.4 Å². The van der Waals surface area contributed by atoms with Crippen LogP contribution in [0.1, 0.15) is 75.9 Å². The smallest absolute Gasteiger partial charge is 0.345 e. The topological polar surface area (TPSA) is 145 Å². The highest BCUT2D eigenvalue weighted by molar-refractivity contribution is 5.89. The van der Waals surface area contributed by atoms with Gasteiger partial charge in [-0.15, -0.1) is 0 Å². The summed E-state index contributed by atoms with van der Waals surface area (Å²) >= 11 is 0. The number of phenols is 1. The second-order valence-electron chi connectivity index (χ2n) is 13.6. The lowest BCUT2D eigenvalue weighted by Gasteiger charge is -2.66. The van der Waals surface area contributed by atoms with E-state index in [1.807, 2.05) is 6.92 Å². The second kappa shape index (κ2) is 11.0. The van der Waals surface area contributed by atoms with Crippen LogP contribution in [0.25, 0.3) is 11.3 Å². The van der Waals surface area contributed by atoms with Gasteiger partial charge in [-0.3, -0.25) is 9.78 Å². The van der Waals surface area contributed by atoms with Crippen LogP contribution in [-0.2, 0) is 14.3 Å². The second-order valence-corrected chi connectivity index (χ2v) is 13.6. The molecule has 4 unspecified atom stereocenters. The van der Waals surface area contributed by atoms with Gasteiger partial charge in [0, 0.05) is 42.3 Å². The highest BCUT2D eigenvalue weighted by atomic mass is 16.6. The number of pyridine rings is 1. The highest BCUT2D eigenvalue weighted by Gasteiger charge is 2.70. The third-order valence-electron chi connectivity index (χ3n) is 11.0. The average molecular weight is 618 g/mol. The molecular weight excluding hydrogens is 578 g/mol. The molecule has 10 nitrogen and oxygen atoms in total. The van der Waals surface area contributed by atoms with Crippen molar-refractivity contribution >= 4 is 11.9 Å². The first-order chi connectivity index (χ1) is 21.3. The number of esters is 2. The molecule has 6 rings (SSSR count). The number of rotatable bonds is 5. The largest absolute Gasteiger partial charge is 0.508 e. The van der Waals surface area contributed by atoms with Crippen molar-refractivity contribution < 1.29 is 38.4 Å². The van der Waals surface area contributed by atoms with Gasteiger partial charge in [0.25, 0.3) is 0 Å². The van der Waals surface area contributed by atoms with Crippen LogP contribution in [0.5, 0.6) is 11.5 Å². The van der Waals surface area contributed by atoms with Gasteiger partial charge in [0.05, 0.1) is 18.3 Å². The first kappa shape index (κ1) is 30.8. The molecule has 0 amide bonds. The van der Waals surface area contributed by atoms with Crippen molar-refractivity contribution in [3.8, 4) is 22.8 Å². The lowest BCUT2D eigenvalue weighted by Crippen LogP contribution is -2.70. The summed E-state index contributed by atoms with van der Waals surface area (Å²) in [5, 5.41) is 22.0. The fourth-order valence-corrected chi connectivity index (χ4v) is 8.49. The van der Waals surface area contributed by atoms with E-state index in [1.54, 1.807) is 30.6 Å². The van der Waals surface area contributed by atoms with Gasteiger partial charge in [0.2, 0.25) is 0 Å². The number of aromatic nitrogens is 1. The van der Waals surface area contributed by atoms with Crippen molar-refractivity contribution in [2.75, 3.05) is 6.61 Å². The Bertz CT molecular complexity index is 1670. The molecule has 0 radical (unpaired) electrons. The zero-order valence-corrected chi connectivity index (χ0v) is 26.1. The number of aliphatic hydroxyl groups excluding tert-OH is 1. The zero-order chi connectivity index (χ0) is 32.3. The quantitative estimate of drug-likeness (QED) is 0.354. The van der Waals surface area contributed by atoms with Crippen molar-refractivity contribution in [1.82, 2.24) is 4.98 Å². The number of carbonyl (C=O) groups excluding carboxylic acids is 2. The molecule has 10 heteroatoms. The Kier molecular flexibility index (Phi) is 7.54. The molecule has 3 aromatic rings. The van der Waals surface area contributed by atoms with Crippen LogP contribution in [0.2, 0.25) is 0 Å². The first-order valence-electron chi connectivity index (χ1n) is 15.4. The van der Waals surface area contributed by atoms with E-state index in [9.17, 15) is 24.6 Å². The van der Waals surface area contributed by atoms with Crippen molar-refractivity contribution in [2.24, 2.45) is 28.6 Å². The summed E-state index contributed by atoms with van der Waals surface area (Å²) in [4.78, 5) is 43.2. The Morgan fingerprint density at radius 2 is 1.87 bits per heavy atom. The number of fused-ring (bicyclic) bond motifs is 4. The van der Waals surface area contributed by atoms with Gasteiger partial charge in [-0.05, 0) is 79.8 Å². The van der Waals surface area contributed by atoms with E-state index in [0.717, 1.165) is 6.42 Å². The average Bonchev–Trinajstić information content (AvgIpc) is 2.99. The van der Waals surface area contributed by atoms with Crippen LogP contribution in [0.4, 0.5) is 0 Å². The van der Waals surface area contributed by atoms with Gasteiger partial charge in [-0.25, -0.2) is 9.59 Å². The molecule has 45 heavy (non-hydrogen) atoms.